The van der Waals surface area contributed by atoms with E-state index >= 15 is 0 Å². The lowest BCUT2D eigenvalue weighted by Crippen LogP contribution is -2.70. The summed E-state index contributed by atoms with van der Waals surface area (Å²) in [6, 6.07) is 8.86. The van der Waals surface area contributed by atoms with Crippen LogP contribution in [0.25, 0.3) is 0 Å². The Balaban J connectivity index is 2.85. The van der Waals surface area contributed by atoms with E-state index in [1.54, 1.807) is 11.8 Å². The molecule has 1 aromatic carbocycles. The third-order valence-electron chi connectivity index (χ3n) is 2.43. The molecular formula is C11H16N3O2S+. The van der Waals surface area contributed by atoms with Gasteiger partial charge < -0.3 is 10.0 Å². The second-order valence-electron chi connectivity index (χ2n) is 3.61. The maximum absolute atomic E-state index is 11.0. The van der Waals surface area contributed by atoms with E-state index in [0.29, 0.717) is 11.7 Å². The van der Waals surface area contributed by atoms with Crippen molar-refractivity contribution >= 4 is 23.3 Å². The van der Waals surface area contributed by atoms with Crippen LogP contribution in [0.1, 0.15) is 12.5 Å². The Morgan fingerprint density at radius 2 is 2.12 bits per heavy atom. The van der Waals surface area contributed by atoms with Gasteiger partial charge >= 0.3 is 5.97 Å². The predicted molar refractivity (Wildman–Crippen MR) is 67.7 cm³/mol. The molecule has 92 valence electrons. The van der Waals surface area contributed by atoms with Crippen LogP contribution in [0.4, 0.5) is 0 Å². The van der Waals surface area contributed by atoms with E-state index in [1.165, 1.54) is 0 Å². The molecule has 1 aromatic rings. The van der Waals surface area contributed by atoms with Crippen molar-refractivity contribution in [2.24, 2.45) is 0 Å². The quantitative estimate of drug-likeness (QED) is 0.520. The number of carbonyl (C=O) groups is 1. The highest BCUT2D eigenvalue weighted by molar-refractivity contribution is 7.80. The number of carboxylic acid groups (broad SMARTS) is 1. The third-order valence-corrected chi connectivity index (χ3v) is 2.81. The van der Waals surface area contributed by atoms with Gasteiger partial charge in [-0.15, -0.1) is 0 Å². The van der Waals surface area contributed by atoms with Gasteiger partial charge in [0, 0.05) is 6.54 Å². The van der Waals surface area contributed by atoms with Crippen molar-refractivity contribution in [2.45, 2.75) is 19.5 Å². The molecule has 0 heterocycles. The Morgan fingerprint density at radius 3 is 2.59 bits per heavy atom. The highest BCUT2D eigenvalue weighted by Crippen LogP contribution is 2.08. The van der Waals surface area contributed by atoms with Gasteiger partial charge in [0.2, 0.25) is 5.11 Å². The van der Waals surface area contributed by atoms with Crippen LogP contribution in [-0.2, 0) is 11.3 Å². The summed E-state index contributed by atoms with van der Waals surface area (Å²) in [4.78, 5) is 12.6. The van der Waals surface area contributed by atoms with E-state index in [4.69, 9.17) is 17.3 Å². The number of nitrogens with one attached hydrogen (secondary N) is 1. The SMILES string of the molecule is CC(C(=O)O)N(Cc1ccccc1)C(=S)N[NH3+]. The number of benzene rings is 1. The molecule has 1 unspecified atom stereocenters. The van der Waals surface area contributed by atoms with Crippen LogP contribution in [0.15, 0.2) is 30.3 Å². The van der Waals surface area contributed by atoms with Gasteiger partial charge in [0.25, 0.3) is 0 Å². The third kappa shape index (κ3) is 3.69. The molecule has 0 fully saturated rings. The average Bonchev–Trinajstić information content (AvgIpc) is 2.35. The number of hydrogen-bond donors (Lipinski definition) is 3. The van der Waals surface area contributed by atoms with E-state index in [9.17, 15) is 4.79 Å². The van der Waals surface area contributed by atoms with Crippen LogP contribution in [0, 0.1) is 0 Å². The van der Waals surface area contributed by atoms with Gasteiger partial charge in [-0.1, -0.05) is 30.3 Å². The summed E-state index contributed by atoms with van der Waals surface area (Å²) in [5.74, 6) is 2.55. The summed E-state index contributed by atoms with van der Waals surface area (Å²) < 4.78 is 0. The fraction of sp³-hybridized carbons (Fsp3) is 0.273. The van der Waals surface area contributed by atoms with Crippen LogP contribution < -0.4 is 11.3 Å². The predicted octanol–water partition coefficient (Wildman–Crippen LogP) is -0.00690. The Morgan fingerprint density at radius 1 is 1.53 bits per heavy atom. The summed E-state index contributed by atoms with van der Waals surface area (Å²) in [7, 11) is 0. The molecule has 0 aliphatic heterocycles. The molecule has 0 aromatic heterocycles. The van der Waals surface area contributed by atoms with E-state index in [-0.39, 0.29) is 0 Å². The molecule has 6 heteroatoms. The minimum Gasteiger partial charge on any atom is -0.480 e. The molecule has 0 saturated carbocycles. The minimum absolute atomic E-state index is 0.323. The van der Waals surface area contributed by atoms with E-state index in [0.717, 1.165) is 5.56 Å². The first-order valence-corrected chi connectivity index (χ1v) is 5.57. The summed E-state index contributed by atoms with van der Waals surface area (Å²) in [5, 5.41) is 9.35. The summed E-state index contributed by atoms with van der Waals surface area (Å²) in [6.45, 7) is 2.03. The fourth-order valence-corrected chi connectivity index (χ4v) is 1.62. The topological polar surface area (TPSA) is 80.2 Å². The molecule has 5 nitrogen and oxygen atoms in total. The van der Waals surface area contributed by atoms with Crippen molar-refractivity contribution in [3.63, 3.8) is 0 Å². The van der Waals surface area contributed by atoms with Crippen molar-refractivity contribution < 1.29 is 15.7 Å². The Hall–Kier alpha value is -1.66. The van der Waals surface area contributed by atoms with Crippen molar-refractivity contribution in [1.29, 1.82) is 0 Å². The Bertz CT molecular complexity index is 397. The van der Waals surface area contributed by atoms with Gasteiger partial charge in [-0.05, 0) is 24.7 Å². The maximum atomic E-state index is 11.0. The van der Waals surface area contributed by atoms with Crippen LogP contribution in [0.3, 0.4) is 0 Å². The van der Waals surface area contributed by atoms with Gasteiger partial charge in [-0.3, -0.25) is 5.84 Å². The number of hydrogen-bond acceptors (Lipinski definition) is 2. The number of nitrogens with zero attached hydrogens (tertiary/aromatic N) is 1. The van der Waals surface area contributed by atoms with Crippen LogP contribution in [0.2, 0.25) is 0 Å². The first-order chi connectivity index (χ1) is 8.06. The van der Waals surface area contributed by atoms with E-state index < -0.39 is 12.0 Å². The second-order valence-corrected chi connectivity index (χ2v) is 4.00. The molecule has 0 aliphatic rings. The van der Waals surface area contributed by atoms with Crippen molar-refractivity contribution in [3.05, 3.63) is 35.9 Å². The van der Waals surface area contributed by atoms with E-state index in [2.05, 4.69) is 11.3 Å². The van der Waals surface area contributed by atoms with Gasteiger partial charge in [-0.25, -0.2) is 10.2 Å². The van der Waals surface area contributed by atoms with E-state index in [1.807, 2.05) is 30.3 Å². The summed E-state index contributed by atoms with van der Waals surface area (Å²) in [5.41, 5.74) is 3.56. The van der Waals surface area contributed by atoms with Gasteiger partial charge in [0.05, 0.1) is 0 Å². The number of rotatable bonds is 4. The normalized spacial score (nSPS) is 11.6. The average molecular weight is 254 g/mol. The molecule has 1 atom stereocenters. The monoisotopic (exact) mass is 254 g/mol. The van der Waals surface area contributed by atoms with Crippen molar-refractivity contribution in [2.75, 3.05) is 0 Å². The Kier molecular flexibility index (Phi) is 4.86. The lowest BCUT2D eigenvalue weighted by molar-refractivity contribution is -0.420. The van der Waals surface area contributed by atoms with Crippen molar-refractivity contribution in [3.8, 4) is 0 Å². The van der Waals surface area contributed by atoms with Crippen LogP contribution >= 0.6 is 12.2 Å². The second kappa shape index (κ2) is 6.17. The highest BCUT2D eigenvalue weighted by atomic mass is 32.1. The number of quaternary nitrogens is 1. The minimum atomic E-state index is -0.918. The Labute approximate surface area is 105 Å². The zero-order valence-electron chi connectivity index (χ0n) is 9.59. The molecular weight excluding hydrogens is 238 g/mol. The summed E-state index contributed by atoms with van der Waals surface area (Å²) in [6.07, 6.45) is 0. The van der Waals surface area contributed by atoms with Crippen molar-refractivity contribution in [1.82, 2.24) is 10.3 Å². The first-order valence-electron chi connectivity index (χ1n) is 5.16. The number of thiocarbonyl (C=S) groups is 1. The number of aliphatic carboxylic acids is 1. The lowest BCUT2D eigenvalue weighted by Gasteiger charge is -2.27. The zero-order valence-corrected chi connectivity index (χ0v) is 10.4. The molecule has 0 spiro atoms. The molecule has 0 radical (unpaired) electrons. The smallest absolute Gasteiger partial charge is 0.326 e. The fourth-order valence-electron chi connectivity index (χ4n) is 1.40. The first kappa shape index (κ1) is 13.4. The highest BCUT2D eigenvalue weighted by Gasteiger charge is 2.23. The maximum Gasteiger partial charge on any atom is 0.326 e. The van der Waals surface area contributed by atoms with Gasteiger partial charge in [-0.2, -0.15) is 0 Å². The molecule has 1 rings (SSSR count). The number of carboxylic acids is 1. The molecule has 5 N–H and O–H groups in total. The zero-order chi connectivity index (χ0) is 12.8. The molecule has 0 amide bonds. The standard InChI is InChI=1S/C11H15N3O2S/c1-8(10(15)16)14(11(17)13-12)7-9-5-3-2-4-6-9/h2-6,8H,7,12H2,1H3,(H,13,17)(H,15,16)/p+1. The largest absolute Gasteiger partial charge is 0.480 e. The molecule has 0 aliphatic carbocycles. The van der Waals surface area contributed by atoms with Crippen LogP contribution in [0.5, 0.6) is 0 Å². The lowest BCUT2D eigenvalue weighted by atomic mass is 10.2. The molecule has 0 bridgehead atoms. The van der Waals surface area contributed by atoms with Gasteiger partial charge in [0.1, 0.15) is 6.04 Å². The summed E-state index contributed by atoms with van der Waals surface area (Å²) >= 11 is 5.06. The molecule has 17 heavy (non-hydrogen) atoms. The molecule has 0 saturated heterocycles. The van der Waals surface area contributed by atoms with Crippen LogP contribution in [-0.4, -0.2) is 27.1 Å². The van der Waals surface area contributed by atoms with Gasteiger partial charge in [0.15, 0.2) is 0 Å².